The summed E-state index contributed by atoms with van der Waals surface area (Å²) in [7, 11) is 0. The molecule has 1 fully saturated rings. The predicted octanol–water partition coefficient (Wildman–Crippen LogP) is 1.82. The topological polar surface area (TPSA) is 69.3 Å². The van der Waals surface area contributed by atoms with E-state index in [0.29, 0.717) is 0 Å². The van der Waals surface area contributed by atoms with Crippen LogP contribution < -0.4 is 0 Å². The molecule has 2 aromatic rings. The van der Waals surface area contributed by atoms with Crippen LogP contribution in [0, 0.1) is 12.7 Å². The number of nitrogens with zero attached hydrogens (tertiary/aromatic N) is 3. The average molecular weight is 302 g/mol. The second kappa shape index (κ2) is 5.59. The summed E-state index contributed by atoms with van der Waals surface area (Å²) < 4.78 is 12.9. The van der Waals surface area contributed by atoms with E-state index in [2.05, 4.69) is 10.2 Å². The number of amides is 3. The third kappa shape index (κ3) is 2.69. The first kappa shape index (κ1) is 14.2. The van der Waals surface area contributed by atoms with Gasteiger partial charge in [0.15, 0.2) is 0 Å². The molecule has 0 saturated carbocycles. The number of hydrogen-bond donors (Lipinski definition) is 1. The fraction of sp³-hybridized carbons (Fsp3) is 0.267. The summed E-state index contributed by atoms with van der Waals surface area (Å²) >= 11 is 0. The molecule has 1 aliphatic rings. The number of nitrogens with one attached hydrogen (secondary N) is 1. The van der Waals surface area contributed by atoms with Crippen LogP contribution >= 0.6 is 0 Å². The fourth-order valence-corrected chi connectivity index (χ4v) is 2.39. The second-order valence-corrected chi connectivity index (χ2v) is 5.27. The van der Waals surface area contributed by atoms with Gasteiger partial charge >= 0.3 is 6.03 Å². The quantitative estimate of drug-likeness (QED) is 0.876. The number of carbonyl (C=O) groups is 2. The Morgan fingerprint density at radius 2 is 1.95 bits per heavy atom. The van der Waals surface area contributed by atoms with E-state index in [4.69, 9.17) is 0 Å². The van der Waals surface area contributed by atoms with Crippen molar-refractivity contribution in [3.63, 3.8) is 0 Å². The average Bonchev–Trinajstić information content (AvgIpc) is 3.01. The van der Waals surface area contributed by atoms with Crippen LogP contribution in [0.15, 0.2) is 30.5 Å². The zero-order valence-electron chi connectivity index (χ0n) is 12.0. The second-order valence-electron chi connectivity index (χ2n) is 5.27. The summed E-state index contributed by atoms with van der Waals surface area (Å²) in [6.07, 6.45) is 1.61. The van der Waals surface area contributed by atoms with E-state index in [-0.39, 0.29) is 37.4 Å². The molecule has 0 atom stereocenters. The molecule has 1 saturated heterocycles. The van der Waals surface area contributed by atoms with E-state index < -0.39 is 0 Å². The lowest BCUT2D eigenvalue weighted by Gasteiger charge is -2.17. The van der Waals surface area contributed by atoms with Crippen LogP contribution in [0.4, 0.5) is 9.18 Å². The SMILES string of the molecule is Cc1[nH]ncc1CN1C(=O)CN(Cc2ccc(F)cc2)C1=O. The maximum atomic E-state index is 12.9. The molecule has 1 aliphatic heterocycles. The van der Waals surface area contributed by atoms with Gasteiger partial charge in [-0.1, -0.05) is 12.1 Å². The maximum Gasteiger partial charge on any atom is 0.327 e. The molecule has 0 radical (unpaired) electrons. The lowest BCUT2D eigenvalue weighted by Crippen LogP contribution is -2.32. The summed E-state index contributed by atoms with van der Waals surface area (Å²) in [6, 6.07) is 5.55. The van der Waals surface area contributed by atoms with Crippen LogP contribution in [0.1, 0.15) is 16.8 Å². The molecule has 6 nitrogen and oxygen atoms in total. The van der Waals surface area contributed by atoms with Crippen molar-refractivity contribution < 1.29 is 14.0 Å². The monoisotopic (exact) mass is 302 g/mol. The van der Waals surface area contributed by atoms with Crippen LogP contribution in [-0.2, 0) is 17.9 Å². The van der Waals surface area contributed by atoms with Crippen LogP contribution in [0.3, 0.4) is 0 Å². The van der Waals surface area contributed by atoms with Crippen molar-refractivity contribution in [2.45, 2.75) is 20.0 Å². The van der Waals surface area contributed by atoms with Gasteiger partial charge in [0.1, 0.15) is 12.4 Å². The molecular weight excluding hydrogens is 287 g/mol. The Bertz CT molecular complexity index is 711. The van der Waals surface area contributed by atoms with E-state index in [1.807, 2.05) is 6.92 Å². The number of hydrogen-bond acceptors (Lipinski definition) is 3. The van der Waals surface area contributed by atoms with Crippen molar-refractivity contribution >= 4 is 11.9 Å². The molecule has 1 N–H and O–H groups in total. The van der Waals surface area contributed by atoms with Gasteiger partial charge in [-0.3, -0.25) is 14.8 Å². The van der Waals surface area contributed by atoms with E-state index in [1.165, 1.54) is 21.9 Å². The highest BCUT2D eigenvalue weighted by Crippen LogP contribution is 2.18. The summed E-state index contributed by atoms with van der Waals surface area (Å²) in [6.45, 7) is 2.36. The number of H-pyrrole nitrogens is 1. The molecule has 3 amide bonds. The lowest BCUT2D eigenvalue weighted by atomic mass is 10.2. The number of benzene rings is 1. The van der Waals surface area contributed by atoms with Crippen LogP contribution in [0.2, 0.25) is 0 Å². The molecule has 0 unspecified atom stereocenters. The normalized spacial score (nSPS) is 15.0. The van der Waals surface area contributed by atoms with Gasteiger partial charge in [-0.2, -0.15) is 5.10 Å². The number of urea groups is 1. The number of imide groups is 1. The zero-order valence-corrected chi connectivity index (χ0v) is 12.0. The summed E-state index contributed by atoms with van der Waals surface area (Å²) in [5.41, 5.74) is 2.42. The predicted molar refractivity (Wildman–Crippen MR) is 76.1 cm³/mol. The summed E-state index contributed by atoms with van der Waals surface area (Å²) in [5, 5.41) is 6.67. The number of aryl methyl sites for hydroxylation is 1. The van der Waals surface area contributed by atoms with Crippen molar-refractivity contribution in [2.75, 3.05) is 6.54 Å². The highest BCUT2D eigenvalue weighted by Gasteiger charge is 2.36. The number of aromatic nitrogens is 2. The third-order valence-corrected chi connectivity index (χ3v) is 3.68. The van der Waals surface area contributed by atoms with Crippen LogP contribution in [0.5, 0.6) is 0 Å². The Hall–Kier alpha value is -2.70. The van der Waals surface area contributed by atoms with E-state index >= 15 is 0 Å². The lowest BCUT2D eigenvalue weighted by molar-refractivity contribution is -0.125. The van der Waals surface area contributed by atoms with Gasteiger partial charge in [0, 0.05) is 17.8 Å². The number of carbonyl (C=O) groups excluding carboxylic acids is 2. The number of rotatable bonds is 4. The van der Waals surface area contributed by atoms with E-state index in [0.717, 1.165) is 16.8 Å². The molecular formula is C15H15FN4O2. The minimum atomic E-state index is -0.338. The molecule has 22 heavy (non-hydrogen) atoms. The fourth-order valence-electron chi connectivity index (χ4n) is 2.39. The smallest absolute Gasteiger partial charge is 0.311 e. The van der Waals surface area contributed by atoms with Gasteiger partial charge in [-0.05, 0) is 24.6 Å². The Kier molecular flexibility index (Phi) is 3.62. The van der Waals surface area contributed by atoms with E-state index in [9.17, 15) is 14.0 Å². The van der Waals surface area contributed by atoms with Crippen LogP contribution in [-0.4, -0.2) is 38.5 Å². The number of halogens is 1. The molecule has 3 rings (SSSR count). The standard InChI is InChI=1S/C15H15FN4O2/c1-10-12(6-17-18-10)8-20-14(21)9-19(15(20)22)7-11-2-4-13(16)5-3-11/h2-6H,7-9H2,1H3,(H,17,18). The summed E-state index contributed by atoms with van der Waals surface area (Å²) in [5.74, 6) is -0.572. The van der Waals surface area contributed by atoms with Crippen molar-refractivity contribution in [2.24, 2.45) is 0 Å². The molecule has 114 valence electrons. The highest BCUT2D eigenvalue weighted by molar-refractivity contribution is 6.01. The van der Waals surface area contributed by atoms with Gasteiger partial charge in [0.25, 0.3) is 5.91 Å². The zero-order chi connectivity index (χ0) is 15.7. The highest BCUT2D eigenvalue weighted by atomic mass is 19.1. The minimum Gasteiger partial charge on any atom is -0.311 e. The van der Waals surface area contributed by atoms with Gasteiger partial charge in [-0.25, -0.2) is 9.18 Å². The van der Waals surface area contributed by atoms with E-state index in [1.54, 1.807) is 18.3 Å². The largest absolute Gasteiger partial charge is 0.327 e. The van der Waals surface area contributed by atoms with Gasteiger partial charge in [0.05, 0.1) is 12.7 Å². The van der Waals surface area contributed by atoms with Crippen LogP contribution in [0.25, 0.3) is 0 Å². The van der Waals surface area contributed by atoms with Crippen molar-refractivity contribution in [3.05, 3.63) is 53.1 Å². The molecule has 0 spiro atoms. The molecule has 7 heteroatoms. The first-order valence-electron chi connectivity index (χ1n) is 6.87. The Morgan fingerprint density at radius 3 is 2.59 bits per heavy atom. The number of aromatic amines is 1. The Labute approximate surface area is 126 Å². The third-order valence-electron chi connectivity index (χ3n) is 3.68. The van der Waals surface area contributed by atoms with Gasteiger partial charge < -0.3 is 4.90 Å². The molecule has 0 bridgehead atoms. The first-order chi connectivity index (χ1) is 10.5. The minimum absolute atomic E-state index is 0.0348. The van der Waals surface area contributed by atoms with Crippen molar-refractivity contribution in [1.29, 1.82) is 0 Å². The molecule has 2 heterocycles. The molecule has 0 aliphatic carbocycles. The Morgan fingerprint density at radius 1 is 1.23 bits per heavy atom. The molecule has 1 aromatic heterocycles. The molecule has 1 aromatic carbocycles. The van der Waals surface area contributed by atoms with Gasteiger partial charge in [0.2, 0.25) is 0 Å². The van der Waals surface area contributed by atoms with Crippen molar-refractivity contribution in [3.8, 4) is 0 Å². The maximum absolute atomic E-state index is 12.9. The first-order valence-corrected chi connectivity index (χ1v) is 6.87. The summed E-state index contributed by atoms with van der Waals surface area (Å²) in [4.78, 5) is 27.1. The van der Waals surface area contributed by atoms with Gasteiger partial charge in [-0.15, -0.1) is 0 Å². The van der Waals surface area contributed by atoms with Crippen molar-refractivity contribution in [1.82, 2.24) is 20.0 Å². The Balaban J connectivity index is 1.71.